The van der Waals surface area contributed by atoms with Crippen LogP contribution in [0, 0.1) is 0 Å². The summed E-state index contributed by atoms with van der Waals surface area (Å²) in [6.45, 7) is 4.01. The number of fused-ring (bicyclic) bond motifs is 1. The van der Waals surface area contributed by atoms with Gasteiger partial charge in [-0.25, -0.2) is 4.79 Å². The fraction of sp³-hybridized carbons (Fsp3) is 0.333. The van der Waals surface area contributed by atoms with Crippen LogP contribution in [0.1, 0.15) is 28.1 Å². The molecular formula is C27H26ClF3N2O5S. The Bertz CT molecular complexity index is 1310. The van der Waals surface area contributed by atoms with E-state index in [1.54, 1.807) is 0 Å². The lowest BCUT2D eigenvalue weighted by Crippen LogP contribution is -2.44. The second kappa shape index (κ2) is 12.7. The van der Waals surface area contributed by atoms with Gasteiger partial charge in [0.2, 0.25) is 0 Å². The number of hydrogen-bond acceptors (Lipinski definition) is 6. The maximum absolute atomic E-state index is 12.8. The first-order valence-electron chi connectivity index (χ1n) is 12.2. The number of nitrogens with zero attached hydrogens (tertiary/aromatic N) is 1. The first kappa shape index (κ1) is 28.7. The molecule has 0 bridgehead atoms. The Labute approximate surface area is 232 Å². The first-order chi connectivity index (χ1) is 18.6. The molecule has 1 amide bonds. The van der Waals surface area contributed by atoms with Gasteiger partial charge in [0.05, 0.1) is 4.88 Å². The predicted octanol–water partition coefficient (Wildman–Crippen LogP) is 5.87. The number of aliphatic carboxylic acids is 1. The lowest BCUT2D eigenvalue weighted by Gasteiger charge is -2.32. The van der Waals surface area contributed by atoms with Gasteiger partial charge in [-0.05, 0) is 60.4 Å². The summed E-state index contributed by atoms with van der Waals surface area (Å²) in [5.41, 5.74) is 2.26. The van der Waals surface area contributed by atoms with Gasteiger partial charge in [-0.3, -0.25) is 9.69 Å². The number of piperidine rings is 1. The number of rotatable bonds is 5. The van der Waals surface area contributed by atoms with Crippen molar-refractivity contribution in [1.29, 1.82) is 0 Å². The SMILES string of the molecule is O=C(NC1CCN(Cc2ccc3c(c2)OCCO3)CC1)c1ccc(-c2cccc(Cl)c2)s1.O=C(O)C(F)(F)F. The van der Waals surface area contributed by atoms with Gasteiger partial charge in [-0.15, -0.1) is 11.3 Å². The summed E-state index contributed by atoms with van der Waals surface area (Å²) >= 11 is 7.60. The summed E-state index contributed by atoms with van der Waals surface area (Å²) in [5, 5.41) is 11.0. The Morgan fingerprint density at radius 3 is 2.38 bits per heavy atom. The first-order valence-corrected chi connectivity index (χ1v) is 13.4. The van der Waals surface area contributed by atoms with Gasteiger partial charge in [0.15, 0.2) is 11.5 Å². The topological polar surface area (TPSA) is 88.1 Å². The fourth-order valence-corrected chi connectivity index (χ4v) is 5.29. The van der Waals surface area contributed by atoms with Gasteiger partial charge >= 0.3 is 12.1 Å². The van der Waals surface area contributed by atoms with Crippen molar-refractivity contribution in [2.75, 3.05) is 26.3 Å². The molecule has 0 unspecified atom stereocenters. The minimum Gasteiger partial charge on any atom is -0.486 e. The number of thiophene rings is 1. The molecule has 0 saturated carbocycles. The number of ether oxygens (including phenoxy) is 2. The third kappa shape index (κ3) is 8.11. The molecule has 39 heavy (non-hydrogen) atoms. The Morgan fingerprint density at radius 2 is 1.72 bits per heavy atom. The summed E-state index contributed by atoms with van der Waals surface area (Å²) in [6.07, 6.45) is -3.19. The number of halogens is 4. The van der Waals surface area contributed by atoms with Crippen molar-refractivity contribution in [3.05, 3.63) is 70.1 Å². The highest BCUT2D eigenvalue weighted by atomic mass is 35.5. The molecule has 208 valence electrons. The van der Waals surface area contributed by atoms with Crippen molar-refractivity contribution >= 4 is 34.8 Å². The van der Waals surface area contributed by atoms with Crippen molar-refractivity contribution < 1.29 is 37.3 Å². The van der Waals surface area contributed by atoms with E-state index in [1.165, 1.54) is 16.9 Å². The van der Waals surface area contributed by atoms with Gasteiger partial charge in [-0.1, -0.05) is 29.8 Å². The van der Waals surface area contributed by atoms with Crippen molar-refractivity contribution in [3.8, 4) is 21.9 Å². The van der Waals surface area contributed by atoms with E-state index in [1.807, 2.05) is 42.5 Å². The molecule has 1 saturated heterocycles. The van der Waals surface area contributed by atoms with Crippen LogP contribution in [0.15, 0.2) is 54.6 Å². The third-order valence-corrected chi connectivity index (χ3v) is 7.49. The number of amides is 1. The summed E-state index contributed by atoms with van der Waals surface area (Å²) in [4.78, 5) is 25.9. The fourth-order valence-electron chi connectivity index (χ4n) is 4.19. The molecule has 1 aromatic heterocycles. The number of hydrogen-bond donors (Lipinski definition) is 2. The summed E-state index contributed by atoms with van der Waals surface area (Å²) < 4.78 is 43.0. The van der Waals surface area contributed by atoms with E-state index < -0.39 is 12.1 Å². The highest BCUT2D eigenvalue weighted by molar-refractivity contribution is 7.17. The average molecular weight is 583 g/mol. The largest absolute Gasteiger partial charge is 0.490 e. The molecule has 3 heterocycles. The van der Waals surface area contributed by atoms with Crippen LogP contribution in [-0.2, 0) is 11.3 Å². The zero-order chi connectivity index (χ0) is 28.0. The van der Waals surface area contributed by atoms with Crippen LogP contribution < -0.4 is 14.8 Å². The molecule has 2 aliphatic rings. The third-order valence-electron chi connectivity index (χ3n) is 6.12. The van der Waals surface area contributed by atoms with Gasteiger partial charge in [-0.2, -0.15) is 13.2 Å². The van der Waals surface area contributed by atoms with E-state index in [0.29, 0.717) is 18.2 Å². The van der Waals surface area contributed by atoms with Crippen LogP contribution in [-0.4, -0.2) is 60.4 Å². The van der Waals surface area contributed by atoms with E-state index in [9.17, 15) is 18.0 Å². The van der Waals surface area contributed by atoms with E-state index in [4.69, 9.17) is 31.0 Å². The van der Waals surface area contributed by atoms with Crippen LogP contribution in [0.25, 0.3) is 10.4 Å². The van der Waals surface area contributed by atoms with Crippen molar-refractivity contribution in [3.63, 3.8) is 0 Å². The maximum Gasteiger partial charge on any atom is 0.490 e. The number of carboxylic acid groups (broad SMARTS) is 1. The second-order valence-electron chi connectivity index (χ2n) is 8.98. The Balaban J connectivity index is 0.000000448. The van der Waals surface area contributed by atoms with E-state index in [-0.39, 0.29) is 11.9 Å². The Kier molecular flexibility index (Phi) is 9.36. The Hall–Kier alpha value is -3.28. The number of alkyl halides is 3. The van der Waals surface area contributed by atoms with E-state index in [2.05, 4.69) is 22.3 Å². The van der Waals surface area contributed by atoms with Crippen LogP contribution in [0.2, 0.25) is 5.02 Å². The van der Waals surface area contributed by atoms with Crippen LogP contribution in [0.3, 0.4) is 0 Å². The van der Waals surface area contributed by atoms with Gasteiger partial charge in [0, 0.05) is 35.6 Å². The van der Waals surface area contributed by atoms with Crippen molar-refractivity contribution in [1.82, 2.24) is 10.2 Å². The molecular weight excluding hydrogens is 557 g/mol. The van der Waals surface area contributed by atoms with Crippen molar-refractivity contribution in [2.24, 2.45) is 0 Å². The molecule has 0 atom stereocenters. The van der Waals surface area contributed by atoms with Crippen LogP contribution in [0.5, 0.6) is 11.5 Å². The van der Waals surface area contributed by atoms with Gasteiger partial charge in [0.25, 0.3) is 5.91 Å². The molecule has 3 aromatic rings. The monoisotopic (exact) mass is 582 g/mol. The molecule has 0 radical (unpaired) electrons. The number of carbonyl (C=O) groups is 2. The van der Waals surface area contributed by atoms with Gasteiger partial charge in [0.1, 0.15) is 13.2 Å². The number of likely N-dealkylation sites (tertiary alicyclic amines) is 1. The predicted molar refractivity (Wildman–Crippen MR) is 142 cm³/mol. The molecule has 12 heteroatoms. The highest BCUT2D eigenvalue weighted by Crippen LogP contribution is 2.32. The average Bonchev–Trinajstić information content (AvgIpc) is 3.40. The van der Waals surface area contributed by atoms with Crippen molar-refractivity contribution in [2.45, 2.75) is 31.6 Å². The summed E-state index contributed by atoms with van der Waals surface area (Å²) in [7, 11) is 0. The standard InChI is InChI=1S/C25H25ClN2O3S.C2HF3O2/c26-19-3-1-2-18(15-19)23-6-7-24(32-23)25(29)27-20-8-10-28(11-9-20)16-17-4-5-21-22(14-17)31-13-12-30-21;3-2(4,5)1(6)7/h1-7,14-15,20H,8-13,16H2,(H,27,29);(H,6,7). The minimum absolute atomic E-state index is 0.00793. The molecule has 2 aliphatic heterocycles. The lowest BCUT2D eigenvalue weighted by molar-refractivity contribution is -0.192. The molecule has 1 fully saturated rings. The van der Waals surface area contributed by atoms with E-state index in [0.717, 1.165) is 59.3 Å². The lowest BCUT2D eigenvalue weighted by atomic mass is 10.0. The normalized spacial score (nSPS) is 15.7. The molecule has 2 aromatic carbocycles. The Morgan fingerprint density at radius 1 is 1.03 bits per heavy atom. The molecule has 0 aliphatic carbocycles. The molecule has 7 nitrogen and oxygen atoms in total. The number of carboxylic acids is 1. The second-order valence-corrected chi connectivity index (χ2v) is 10.5. The minimum atomic E-state index is -5.08. The smallest absolute Gasteiger partial charge is 0.486 e. The number of carbonyl (C=O) groups excluding carboxylic acids is 1. The van der Waals surface area contributed by atoms with E-state index >= 15 is 0 Å². The number of nitrogens with one attached hydrogen (secondary N) is 1. The summed E-state index contributed by atoms with van der Waals surface area (Å²) in [6, 6.07) is 18.0. The van der Waals surface area contributed by atoms with Gasteiger partial charge < -0.3 is 19.9 Å². The molecule has 2 N–H and O–H groups in total. The van der Waals surface area contributed by atoms with Crippen LogP contribution >= 0.6 is 22.9 Å². The quantitative estimate of drug-likeness (QED) is 0.391. The maximum atomic E-state index is 12.8. The number of benzene rings is 2. The molecule has 0 spiro atoms. The zero-order valence-corrected chi connectivity index (χ0v) is 22.2. The summed E-state index contributed by atoms with van der Waals surface area (Å²) in [5.74, 6) is -1.08. The highest BCUT2D eigenvalue weighted by Gasteiger charge is 2.38. The molecule has 5 rings (SSSR count). The van der Waals surface area contributed by atoms with Crippen LogP contribution in [0.4, 0.5) is 13.2 Å². The zero-order valence-electron chi connectivity index (χ0n) is 20.7.